The monoisotopic (exact) mass is 237 g/mol. The summed E-state index contributed by atoms with van der Waals surface area (Å²) in [6, 6.07) is 0. The van der Waals surface area contributed by atoms with E-state index >= 15 is 0 Å². The minimum absolute atomic E-state index is 0.0132. The predicted octanol–water partition coefficient (Wildman–Crippen LogP) is 1.38. The summed E-state index contributed by atoms with van der Waals surface area (Å²) in [5.74, 6) is -1.48. The van der Waals surface area contributed by atoms with E-state index in [9.17, 15) is 14.7 Å². The number of carboxylic acids is 1. The molecule has 2 aliphatic carbocycles. The molecule has 4 heteroatoms. The Kier molecular flexibility index (Phi) is 3.22. The molecule has 0 aliphatic heterocycles. The van der Waals surface area contributed by atoms with Crippen LogP contribution < -0.4 is 0 Å². The highest BCUT2D eigenvalue weighted by atomic mass is 16.4. The van der Waals surface area contributed by atoms with E-state index in [1.54, 1.807) is 4.90 Å². The fraction of sp³-hybridized carbons (Fsp3) is 0.692. The highest BCUT2D eigenvalue weighted by Crippen LogP contribution is 2.48. The fourth-order valence-corrected chi connectivity index (χ4v) is 3.24. The summed E-state index contributed by atoms with van der Waals surface area (Å²) >= 11 is 0. The van der Waals surface area contributed by atoms with Gasteiger partial charge in [-0.15, -0.1) is 0 Å². The van der Waals surface area contributed by atoms with Crippen molar-refractivity contribution in [1.29, 1.82) is 0 Å². The van der Waals surface area contributed by atoms with Gasteiger partial charge in [0.15, 0.2) is 0 Å². The summed E-state index contributed by atoms with van der Waals surface area (Å²) in [4.78, 5) is 25.4. The van der Waals surface area contributed by atoms with Crippen LogP contribution in [-0.4, -0.2) is 35.0 Å². The minimum atomic E-state index is -0.827. The van der Waals surface area contributed by atoms with Crippen molar-refractivity contribution in [1.82, 2.24) is 4.90 Å². The van der Waals surface area contributed by atoms with Gasteiger partial charge in [-0.05, 0) is 32.1 Å². The molecule has 1 saturated carbocycles. The van der Waals surface area contributed by atoms with Crippen LogP contribution in [0.25, 0.3) is 0 Å². The summed E-state index contributed by atoms with van der Waals surface area (Å²) in [6.07, 6.45) is 4.82. The van der Waals surface area contributed by atoms with Crippen LogP contribution in [0.15, 0.2) is 12.2 Å². The number of amides is 1. The Bertz CT molecular complexity index is 360. The average Bonchev–Trinajstić information content (AvgIpc) is 2.89. The molecule has 0 aromatic rings. The maximum absolute atomic E-state index is 12.3. The second-order valence-electron chi connectivity index (χ2n) is 4.85. The van der Waals surface area contributed by atoms with Gasteiger partial charge in [-0.1, -0.05) is 12.2 Å². The number of carbonyl (C=O) groups excluding carboxylic acids is 1. The summed E-state index contributed by atoms with van der Waals surface area (Å²) < 4.78 is 0. The smallest absolute Gasteiger partial charge is 0.307 e. The normalized spacial score (nSPS) is 34.0. The first kappa shape index (κ1) is 12.1. The number of hydrogen-bond donors (Lipinski definition) is 1. The van der Waals surface area contributed by atoms with E-state index in [2.05, 4.69) is 0 Å². The van der Waals surface area contributed by atoms with Crippen molar-refractivity contribution in [2.24, 2.45) is 23.7 Å². The number of hydrogen-bond acceptors (Lipinski definition) is 2. The molecule has 1 amide bonds. The van der Waals surface area contributed by atoms with E-state index < -0.39 is 11.9 Å². The average molecular weight is 237 g/mol. The van der Waals surface area contributed by atoms with Gasteiger partial charge in [0, 0.05) is 13.1 Å². The molecule has 0 unspecified atom stereocenters. The quantitative estimate of drug-likeness (QED) is 0.751. The maximum Gasteiger partial charge on any atom is 0.307 e. The molecule has 2 rings (SSSR count). The minimum Gasteiger partial charge on any atom is -0.481 e. The van der Waals surface area contributed by atoms with E-state index in [1.165, 1.54) is 0 Å². The zero-order chi connectivity index (χ0) is 12.6. The number of fused-ring (bicyclic) bond motifs is 2. The van der Waals surface area contributed by atoms with Crippen molar-refractivity contribution in [3.63, 3.8) is 0 Å². The third kappa shape index (κ3) is 1.85. The molecule has 0 spiro atoms. The lowest BCUT2D eigenvalue weighted by Crippen LogP contribution is -2.42. The number of rotatable bonds is 4. The van der Waals surface area contributed by atoms with Crippen LogP contribution in [-0.2, 0) is 9.59 Å². The number of nitrogens with zero attached hydrogens (tertiary/aromatic N) is 1. The Morgan fingerprint density at radius 3 is 2.18 bits per heavy atom. The topological polar surface area (TPSA) is 57.6 Å². The summed E-state index contributed by atoms with van der Waals surface area (Å²) in [7, 11) is 0. The molecule has 1 N–H and O–H groups in total. The van der Waals surface area contributed by atoms with E-state index in [0.717, 1.165) is 6.42 Å². The molecule has 0 saturated heterocycles. The van der Waals surface area contributed by atoms with Crippen LogP contribution >= 0.6 is 0 Å². The molecule has 17 heavy (non-hydrogen) atoms. The molecule has 0 aromatic heterocycles. The standard InChI is InChI=1S/C13H19NO3/c1-3-14(4-2)12(15)10-8-5-6-9(7-8)11(10)13(16)17/h5-6,8-11H,3-4,7H2,1-2H3,(H,16,17)/t8-,9+,10-,11+/m1/s1. The molecule has 4 atom stereocenters. The van der Waals surface area contributed by atoms with Crippen molar-refractivity contribution < 1.29 is 14.7 Å². The Morgan fingerprint density at radius 2 is 1.71 bits per heavy atom. The molecular weight excluding hydrogens is 218 g/mol. The SMILES string of the molecule is CCN(CC)C(=O)[C@H]1[C@@H](C(=O)O)[C@H]2C=C[C@@H]1C2. The lowest BCUT2D eigenvalue weighted by molar-refractivity contribution is -0.150. The Hall–Kier alpha value is -1.32. The van der Waals surface area contributed by atoms with Gasteiger partial charge in [0.1, 0.15) is 0 Å². The number of carboxylic acid groups (broad SMARTS) is 1. The van der Waals surface area contributed by atoms with Gasteiger partial charge in [0.05, 0.1) is 11.8 Å². The lowest BCUT2D eigenvalue weighted by Gasteiger charge is -2.29. The van der Waals surface area contributed by atoms with Crippen molar-refractivity contribution in [2.45, 2.75) is 20.3 Å². The molecule has 0 aromatic carbocycles. The molecular formula is C13H19NO3. The highest BCUT2D eigenvalue weighted by molar-refractivity contribution is 5.86. The van der Waals surface area contributed by atoms with Gasteiger partial charge < -0.3 is 10.0 Å². The van der Waals surface area contributed by atoms with E-state index in [0.29, 0.717) is 13.1 Å². The van der Waals surface area contributed by atoms with Crippen LogP contribution in [0.2, 0.25) is 0 Å². The highest BCUT2D eigenvalue weighted by Gasteiger charge is 2.52. The first-order valence-corrected chi connectivity index (χ1v) is 6.30. The first-order valence-electron chi connectivity index (χ1n) is 6.30. The zero-order valence-corrected chi connectivity index (χ0v) is 10.3. The summed E-state index contributed by atoms with van der Waals surface area (Å²) in [6.45, 7) is 5.17. The van der Waals surface area contributed by atoms with Gasteiger partial charge in [-0.3, -0.25) is 9.59 Å². The van der Waals surface area contributed by atoms with E-state index in [4.69, 9.17) is 0 Å². The third-order valence-corrected chi connectivity index (χ3v) is 4.10. The molecule has 4 nitrogen and oxygen atoms in total. The Balaban J connectivity index is 2.22. The Labute approximate surface area is 101 Å². The van der Waals surface area contributed by atoms with Crippen molar-refractivity contribution >= 4 is 11.9 Å². The number of aliphatic carboxylic acids is 1. The molecule has 0 radical (unpaired) electrons. The van der Waals surface area contributed by atoms with Crippen molar-refractivity contribution in [2.75, 3.05) is 13.1 Å². The second-order valence-corrected chi connectivity index (χ2v) is 4.85. The van der Waals surface area contributed by atoms with Crippen LogP contribution in [0.5, 0.6) is 0 Å². The molecule has 2 bridgehead atoms. The second kappa shape index (κ2) is 4.51. The van der Waals surface area contributed by atoms with Crippen molar-refractivity contribution in [3.05, 3.63) is 12.2 Å². The molecule has 0 heterocycles. The predicted molar refractivity (Wildman–Crippen MR) is 63.3 cm³/mol. The largest absolute Gasteiger partial charge is 0.481 e. The fourth-order valence-electron chi connectivity index (χ4n) is 3.24. The van der Waals surface area contributed by atoms with Crippen LogP contribution in [0.3, 0.4) is 0 Å². The van der Waals surface area contributed by atoms with Gasteiger partial charge in [0.25, 0.3) is 0 Å². The summed E-state index contributed by atoms with van der Waals surface area (Å²) in [5, 5.41) is 9.28. The van der Waals surface area contributed by atoms with E-state index in [1.807, 2.05) is 26.0 Å². The summed E-state index contributed by atoms with van der Waals surface area (Å²) in [5.41, 5.74) is 0. The first-order chi connectivity index (χ1) is 8.10. The van der Waals surface area contributed by atoms with E-state index in [-0.39, 0.29) is 23.7 Å². The van der Waals surface area contributed by atoms with Crippen LogP contribution in [0.1, 0.15) is 20.3 Å². The van der Waals surface area contributed by atoms with Gasteiger partial charge in [0.2, 0.25) is 5.91 Å². The third-order valence-electron chi connectivity index (χ3n) is 4.10. The van der Waals surface area contributed by atoms with Crippen LogP contribution in [0.4, 0.5) is 0 Å². The zero-order valence-electron chi connectivity index (χ0n) is 10.3. The number of allylic oxidation sites excluding steroid dienone is 2. The van der Waals surface area contributed by atoms with Gasteiger partial charge >= 0.3 is 5.97 Å². The molecule has 1 fully saturated rings. The molecule has 94 valence electrons. The maximum atomic E-state index is 12.3. The molecule has 2 aliphatic rings. The lowest BCUT2D eigenvalue weighted by atomic mass is 9.82. The number of carbonyl (C=O) groups is 2. The van der Waals surface area contributed by atoms with Crippen molar-refractivity contribution in [3.8, 4) is 0 Å². The van der Waals surface area contributed by atoms with Gasteiger partial charge in [-0.25, -0.2) is 0 Å². The van der Waals surface area contributed by atoms with Crippen LogP contribution in [0, 0.1) is 23.7 Å². The Morgan fingerprint density at radius 1 is 1.18 bits per heavy atom. The van der Waals surface area contributed by atoms with Gasteiger partial charge in [-0.2, -0.15) is 0 Å².